The van der Waals surface area contributed by atoms with Crippen LogP contribution in [0.1, 0.15) is 13.8 Å². The number of carbonyl (C=O) groups excluding carboxylic acids is 2. The van der Waals surface area contributed by atoms with Gasteiger partial charge in [-0.05, 0) is 13.8 Å². The molecule has 2 amide bonds. The van der Waals surface area contributed by atoms with E-state index >= 15 is 0 Å². The molecule has 0 saturated carbocycles. The van der Waals surface area contributed by atoms with Gasteiger partial charge in [0.1, 0.15) is 6.04 Å². The van der Waals surface area contributed by atoms with Gasteiger partial charge in [0.05, 0.1) is 6.04 Å². The Kier molecular flexibility index (Phi) is 5.82. The summed E-state index contributed by atoms with van der Waals surface area (Å²) in [6.45, 7) is 3.92. The second-order valence-electron chi connectivity index (χ2n) is 3.10. The van der Waals surface area contributed by atoms with Gasteiger partial charge in [-0.2, -0.15) is 0 Å². The Hall–Kier alpha value is -1.14. The third kappa shape index (κ3) is 4.78. The van der Waals surface area contributed by atoms with Crippen LogP contribution in [0.2, 0.25) is 0 Å². The van der Waals surface area contributed by atoms with E-state index in [1.807, 2.05) is 0 Å². The number of amides is 2. The van der Waals surface area contributed by atoms with Crippen LogP contribution in [-0.4, -0.2) is 37.0 Å². The van der Waals surface area contributed by atoms with Gasteiger partial charge >= 0.3 is 0 Å². The summed E-state index contributed by atoms with van der Waals surface area (Å²) >= 11 is 0. The lowest BCUT2D eigenvalue weighted by molar-refractivity contribution is -0.128. The average molecular weight is 202 g/mol. The maximum absolute atomic E-state index is 11.2. The molecule has 0 aliphatic carbocycles. The molecule has 0 aliphatic heterocycles. The lowest BCUT2D eigenvalue weighted by Crippen LogP contribution is -2.50. The van der Waals surface area contributed by atoms with Gasteiger partial charge in [-0.25, -0.2) is 0 Å². The Morgan fingerprint density at radius 3 is 2.29 bits per heavy atom. The number of nitrogens with two attached hydrogens (primary N) is 2. The zero-order chi connectivity index (χ0) is 11.1. The van der Waals surface area contributed by atoms with Crippen LogP contribution >= 0.6 is 0 Å². The fourth-order valence-corrected chi connectivity index (χ4v) is 0.759. The fraction of sp³-hybridized carbons (Fsp3) is 0.750. The molecule has 82 valence electrons. The van der Waals surface area contributed by atoms with Crippen LogP contribution in [0.4, 0.5) is 0 Å². The van der Waals surface area contributed by atoms with Gasteiger partial charge in [0.25, 0.3) is 0 Å². The first kappa shape index (κ1) is 12.9. The lowest BCUT2D eigenvalue weighted by atomic mass is 10.2. The van der Waals surface area contributed by atoms with Crippen molar-refractivity contribution in [1.82, 2.24) is 10.6 Å². The second-order valence-corrected chi connectivity index (χ2v) is 3.10. The number of hydrogen-bond donors (Lipinski definition) is 4. The van der Waals surface area contributed by atoms with Gasteiger partial charge in [0.15, 0.2) is 0 Å². The van der Waals surface area contributed by atoms with E-state index in [0.29, 0.717) is 13.1 Å². The van der Waals surface area contributed by atoms with Crippen molar-refractivity contribution in [3.8, 4) is 0 Å². The molecule has 2 atom stereocenters. The van der Waals surface area contributed by atoms with E-state index in [9.17, 15) is 9.59 Å². The van der Waals surface area contributed by atoms with E-state index in [1.165, 1.54) is 0 Å². The Morgan fingerprint density at radius 2 is 1.86 bits per heavy atom. The van der Waals surface area contributed by atoms with Crippen LogP contribution in [0.25, 0.3) is 0 Å². The molecule has 0 fully saturated rings. The van der Waals surface area contributed by atoms with Crippen molar-refractivity contribution in [1.29, 1.82) is 0 Å². The highest BCUT2D eigenvalue weighted by Crippen LogP contribution is 1.84. The van der Waals surface area contributed by atoms with E-state index in [2.05, 4.69) is 10.6 Å². The Bertz CT molecular complexity index is 206. The van der Waals surface area contributed by atoms with Gasteiger partial charge in [0.2, 0.25) is 11.8 Å². The molecule has 0 radical (unpaired) electrons. The first-order valence-corrected chi connectivity index (χ1v) is 4.52. The molecule has 0 unspecified atom stereocenters. The minimum atomic E-state index is -0.611. The zero-order valence-electron chi connectivity index (χ0n) is 8.54. The Morgan fingerprint density at radius 1 is 1.29 bits per heavy atom. The van der Waals surface area contributed by atoms with Crippen LogP contribution in [0.3, 0.4) is 0 Å². The smallest absolute Gasteiger partial charge is 0.242 e. The third-order valence-electron chi connectivity index (χ3n) is 1.61. The maximum atomic E-state index is 11.2. The predicted octanol–water partition coefficient (Wildman–Crippen LogP) is -2.09. The molecular formula is C8H18N4O2. The molecule has 0 aromatic carbocycles. The molecule has 0 aromatic heterocycles. The first-order chi connectivity index (χ1) is 6.49. The quantitative estimate of drug-likeness (QED) is 0.410. The van der Waals surface area contributed by atoms with E-state index in [0.717, 1.165) is 0 Å². The van der Waals surface area contributed by atoms with Gasteiger partial charge in [-0.1, -0.05) is 0 Å². The normalized spacial score (nSPS) is 14.3. The van der Waals surface area contributed by atoms with Crippen molar-refractivity contribution in [2.75, 3.05) is 13.1 Å². The zero-order valence-corrected chi connectivity index (χ0v) is 8.54. The average Bonchev–Trinajstić information content (AvgIpc) is 2.13. The van der Waals surface area contributed by atoms with Crippen LogP contribution in [0, 0.1) is 0 Å². The molecule has 0 bridgehead atoms. The third-order valence-corrected chi connectivity index (χ3v) is 1.61. The summed E-state index contributed by atoms with van der Waals surface area (Å²) in [6.07, 6.45) is 0. The van der Waals surface area contributed by atoms with Crippen LogP contribution in [0.15, 0.2) is 0 Å². The van der Waals surface area contributed by atoms with Gasteiger partial charge in [-0.15, -0.1) is 0 Å². The van der Waals surface area contributed by atoms with Crippen molar-refractivity contribution < 1.29 is 9.59 Å². The van der Waals surface area contributed by atoms with Crippen molar-refractivity contribution >= 4 is 11.8 Å². The highest BCUT2D eigenvalue weighted by atomic mass is 16.2. The van der Waals surface area contributed by atoms with Gasteiger partial charge < -0.3 is 22.1 Å². The predicted molar refractivity (Wildman–Crippen MR) is 53.3 cm³/mol. The van der Waals surface area contributed by atoms with Crippen LogP contribution in [-0.2, 0) is 9.59 Å². The molecule has 0 saturated heterocycles. The Labute approximate surface area is 83.4 Å². The van der Waals surface area contributed by atoms with Crippen LogP contribution in [0.5, 0.6) is 0 Å². The molecule has 14 heavy (non-hydrogen) atoms. The van der Waals surface area contributed by atoms with E-state index in [1.54, 1.807) is 13.8 Å². The topological polar surface area (TPSA) is 110 Å². The summed E-state index contributed by atoms with van der Waals surface area (Å²) in [4.78, 5) is 22.3. The summed E-state index contributed by atoms with van der Waals surface area (Å²) in [5.74, 6) is -0.607. The largest absolute Gasteiger partial charge is 0.353 e. The lowest BCUT2D eigenvalue weighted by Gasteiger charge is -2.14. The number of carbonyl (C=O) groups is 2. The molecule has 0 rings (SSSR count). The molecule has 0 aliphatic rings. The summed E-state index contributed by atoms with van der Waals surface area (Å²) in [5.41, 5.74) is 10.5. The summed E-state index contributed by atoms with van der Waals surface area (Å²) < 4.78 is 0. The molecule has 6 heteroatoms. The summed E-state index contributed by atoms with van der Waals surface area (Å²) in [6, 6.07) is -1.19. The highest BCUT2D eigenvalue weighted by Gasteiger charge is 2.16. The molecule has 0 heterocycles. The van der Waals surface area contributed by atoms with E-state index in [-0.39, 0.29) is 11.8 Å². The first-order valence-electron chi connectivity index (χ1n) is 4.52. The molecule has 0 spiro atoms. The van der Waals surface area contributed by atoms with Crippen molar-refractivity contribution in [2.45, 2.75) is 25.9 Å². The number of nitrogens with one attached hydrogen (secondary N) is 2. The van der Waals surface area contributed by atoms with E-state index < -0.39 is 12.1 Å². The fourth-order valence-electron chi connectivity index (χ4n) is 0.759. The SMILES string of the molecule is C[C@H](N)C(=O)N[C@@H](C)C(=O)NCCN. The summed E-state index contributed by atoms with van der Waals surface area (Å²) in [5, 5.41) is 5.03. The van der Waals surface area contributed by atoms with Crippen LogP contribution < -0.4 is 22.1 Å². The Balaban J connectivity index is 3.89. The van der Waals surface area contributed by atoms with E-state index in [4.69, 9.17) is 11.5 Å². The standard InChI is InChI=1S/C8H18N4O2/c1-5(10)7(13)12-6(2)8(14)11-4-3-9/h5-6H,3-4,9-10H2,1-2H3,(H,11,14)(H,12,13)/t5-,6-/m0/s1. The molecule has 0 aromatic rings. The van der Waals surface area contributed by atoms with Gasteiger partial charge in [0, 0.05) is 13.1 Å². The molecule has 6 N–H and O–H groups in total. The summed E-state index contributed by atoms with van der Waals surface area (Å²) in [7, 11) is 0. The molecular weight excluding hydrogens is 184 g/mol. The maximum Gasteiger partial charge on any atom is 0.242 e. The number of rotatable bonds is 5. The molecule has 6 nitrogen and oxygen atoms in total. The highest BCUT2D eigenvalue weighted by molar-refractivity contribution is 5.89. The van der Waals surface area contributed by atoms with Crippen molar-refractivity contribution in [3.63, 3.8) is 0 Å². The van der Waals surface area contributed by atoms with Crippen molar-refractivity contribution in [2.24, 2.45) is 11.5 Å². The van der Waals surface area contributed by atoms with Gasteiger partial charge in [-0.3, -0.25) is 9.59 Å². The second kappa shape index (κ2) is 6.33. The number of hydrogen-bond acceptors (Lipinski definition) is 4. The minimum Gasteiger partial charge on any atom is -0.353 e. The monoisotopic (exact) mass is 202 g/mol. The van der Waals surface area contributed by atoms with Crippen molar-refractivity contribution in [3.05, 3.63) is 0 Å². The minimum absolute atomic E-state index is 0.260.